The monoisotopic (exact) mass is 323 g/mol. The molecular formula is C15H15BrFNO. The molecule has 4 heteroatoms. The minimum absolute atomic E-state index is 0.0500. The number of hydrogen-bond donors (Lipinski definition) is 1. The molecule has 0 heterocycles. The molecule has 0 aliphatic rings. The van der Waals surface area contributed by atoms with Crippen molar-refractivity contribution in [1.82, 2.24) is 0 Å². The number of benzene rings is 2. The molecule has 2 N–H and O–H groups in total. The van der Waals surface area contributed by atoms with Crippen LogP contribution in [0.3, 0.4) is 0 Å². The molecule has 0 bridgehead atoms. The van der Waals surface area contributed by atoms with Crippen LogP contribution in [0.2, 0.25) is 0 Å². The van der Waals surface area contributed by atoms with Gasteiger partial charge in [-0.1, -0.05) is 19.1 Å². The second-order valence-electron chi connectivity index (χ2n) is 4.26. The van der Waals surface area contributed by atoms with E-state index in [9.17, 15) is 4.39 Å². The van der Waals surface area contributed by atoms with E-state index >= 15 is 0 Å². The standard InChI is InChI=1S/C15H15BrFNO/c1-2-15(18)10-3-5-11(6-4-10)19-12-7-8-14(17)13(16)9-12/h3-9,15H,2,18H2,1H3. The third-order valence-electron chi connectivity index (χ3n) is 2.87. The van der Waals surface area contributed by atoms with Crippen LogP contribution in [0.15, 0.2) is 46.9 Å². The third-order valence-corrected chi connectivity index (χ3v) is 3.48. The maximum absolute atomic E-state index is 13.1. The lowest BCUT2D eigenvalue weighted by molar-refractivity contribution is 0.479. The summed E-state index contributed by atoms with van der Waals surface area (Å²) in [6, 6.07) is 12.2. The van der Waals surface area contributed by atoms with Crippen LogP contribution in [0.5, 0.6) is 11.5 Å². The molecule has 2 aromatic carbocycles. The maximum Gasteiger partial charge on any atom is 0.137 e. The molecule has 0 fully saturated rings. The maximum atomic E-state index is 13.1. The Labute approximate surface area is 120 Å². The molecule has 0 aliphatic heterocycles. The molecule has 19 heavy (non-hydrogen) atoms. The van der Waals surface area contributed by atoms with Gasteiger partial charge in [-0.05, 0) is 58.2 Å². The summed E-state index contributed by atoms with van der Waals surface area (Å²) in [4.78, 5) is 0. The van der Waals surface area contributed by atoms with Gasteiger partial charge in [-0.3, -0.25) is 0 Å². The first-order valence-electron chi connectivity index (χ1n) is 6.08. The van der Waals surface area contributed by atoms with E-state index < -0.39 is 0 Å². The molecule has 1 atom stereocenters. The Balaban J connectivity index is 2.12. The average Bonchev–Trinajstić information content (AvgIpc) is 2.43. The Morgan fingerprint density at radius 2 is 1.79 bits per heavy atom. The topological polar surface area (TPSA) is 35.2 Å². The van der Waals surface area contributed by atoms with E-state index in [1.54, 1.807) is 12.1 Å². The van der Waals surface area contributed by atoms with Crippen molar-refractivity contribution in [3.05, 3.63) is 58.3 Å². The van der Waals surface area contributed by atoms with Crippen LogP contribution in [0.4, 0.5) is 4.39 Å². The van der Waals surface area contributed by atoms with Crippen LogP contribution in [0, 0.1) is 5.82 Å². The van der Waals surface area contributed by atoms with Crippen LogP contribution in [0.25, 0.3) is 0 Å². The quantitative estimate of drug-likeness (QED) is 0.877. The molecule has 0 amide bonds. The highest BCUT2D eigenvalue weighted by atomic mass is 79.9. The summed E-state index contributed by atoms with van der Waals surface area (Å²) in [6.07, 6.45) is 0.894. The zero-order valence-corrected chi connectivity index (χ0v) is 12.2. The fourth-order valence-corrected chi connectivity index (χ4v) is 2.05. The predicted molar refractivity (Wildman–Crippen MR) is 77.8 cm³/mol. The number of halogens is 2. The Hall–Kier alpha value is -1.39. The van der Waals surface area contributed by atoms with Crippen molar-refractivity contribution in [3.63, 3.8) is 0 Å². The smallest absolute Gasteiger partial charge is 0.137 e. The second kappa shape index (κ2) is 6.17. The van der Waals surface area contributed by atoms with E-state index in [0.29, 0.717) is 16.0 Å². The van der Waals surface area contributed by atoms with Gasteiger partial charge in [0.1, 0.15) is 17.3 Å². The highest BCUT2D eigenvalue weighted by Gasteiger charge is 2.05. The van der Waals surface area contributed by atoms with Gasteiger partial charge in [-0.15, -0.1) is 0 Å². The van der Waals surface area contributed by atoms with Gasteiger partial charge >= 0.3 is 0 Å². The molecule has 2 nitrogen and oxygen atoms in total. The van der Waals surface area contributed by atoms with Gasteiger partial charge in [0.25, 0.3) is 0 Å². The minimum atomic E-state index is -0.309. The van der Waals surface area contributed by atoms with Crippen LogP contribution in [-0.4, -0.2) is 0 Å². The number of ether oxygens (including phenoxy) is 1. The second-order valence-corrected chi connectivity index (χ2v) is 5.12. The van der Waals surface area contributed by atoms with Gasteiger partial charge in [0.05, 0.1) is 4.47 Å². The van der Waals surface area contributed by atoms with Gasteiger partial charge in [0.2, 0.25) is 0 Å². The van der Waals surface area contributed by atoms with Crippen molar-refractivity contribution in [2.75, 3.05) is 0 Å². The van der Waals surface area contributed by atoms with Gasteiger partial charge in [0, 0.05) is 6.04 Å². The van der Waals surface area contributed by atoms with Crippen LogP contribution in [0.1, 0.15) is 24.9 Å². The van der Waals surface area contributed by atoms with E-state index in [-0.39, 0.29) is 11.9 Å². The third kappa shape index (κ3) is 3.55. The highest BCUT2D eigenvalue weighted by Crippen LogP contribution is 2.27. The lowest BCUT2D eigenvalue weighted by Crippen LogP contribution is -2.07. The number of rotatable bonds is 4. The van der Waals surface area contributed by atoms with Crippen molar-refractivity contribution in [2.24, 2.45) is 5.73 Å². The van der Waals surface area contributed by atoms with Crippen molar-refractivity contribution in [3.8, 4) is 11.5 Å². The van der Waals surface area contributed by atoms with Crippen LogP contribution in [-0.2, 0) is 0 Å². The molecule has 0 radical (unpaired) electrons. The SMILES string of the molecule is CCC(N)c1ccc(Oc2ccc(F)c(Br)c2)cc1. The Morgan fingerprint density at radius 3 is 2.37 bits per heavy atom. The molecule has 0 aromatic heterocycles. The normalized spacial score (nSPS) is 12.2. The molecule has 1 unspecified atom stereocenters. The minimum Gasteiger partial charge on any atom is -0.457 e. The molecule has 0 spiro atoms. The summed E-state index contributed by atoms with van der Waals surface area (Å²) in [7, 11) is 0. The summed E-state index contributed by atoms with van der Waals surface area (Å²) >= 11 is 3.13. The van der Waals surface area contributed by atoms with Crippen LogP contribution < -0.4 is 10.5 Å². The first-order chi connectivity index (χ1) is 9.10. The van der Waals surface area contributed by atoms with E-state index in [4.69, 9.17) is 10.5 Å². The fourth-order valence-electron chi connectivity index (χ4n) is 1.70. The largest absolute Gasteiger partial charge is 0.457 e. The van der Waals surface area contributed by atoms with E-state index in [2.05, 4.69) is 15.9 Å². The molecule has 2 rings (SSSR count). The molecular weight excluding hydrogens is 309 g/mol. The molecule has 0 saturated carbocycles. The molecule has 0 aliphatic carbocycles. The summed E-state index contributed by atoms with van der Waals surface area (Å²) in [6.45, 7) is 2.05. The summed E-state index contributed by atoms with van der Waals surface area (Å²) in [5.41, 5.74) is 7.02. The van der Waals surface area contributed by atoms with Gasteiger partial charge in [-0.25, -0.2) is 4.39 Å². The Bertz CT molecular complexity index is 557. The number of nitrogens with two attached hydrogens (primary N) is 1. The van der Waals surface area contributed by atoms with Gasteiger partial charge in [-0.2, -0.15) is 0 Å². The van der Waals surface area contributed by atoms with Crippen LogP contribution >= 0.6 is 15.9 Å². The summed E-state index contributed by atoms with van der Waals surface area (Å²) in [5.74, 6) is 0.975. The first kappa shape index (κ1) is 14.0. The van der Waals surface area contributed by atoms with Crippen molar-refractivity contribution < 1.29 is 9.13 Å². The summed E-state index contributed by atoms with van der Waals surface area (Å²) < 4.78 is 19.1. The van der Waals surface area contributed by atoms with Gasteiger partial charge in [0.15, 0.2) is 0 Å². The lowest BCUT2D eigenvalue weighted by atomic mass is 10.1. The Kier molecular flexibility index (Phi) is 4.56. The lowest BCUT2D eigenvalue weighted by Gasteiger charge is -2.11. The predicted octanol–water partition coefficient (Wildman–Crippen LogP) is 4.79. The molecule has 100 valence electrons. The molecule has 0 saturated heterocycles. The zero-order chi connectivity index (χ0) is 13.8. The molecule has 2 aromatic rings. The average molecular weight is 324 g/mol. The number of hydrogen-bond acceptors (Lipinski definition) is 2. The van der Waals surface area contributed by atoms with E-state index in [0.717, 1.165) is 12.0 Å². The Morgan fingerprint density at radius 1 is 1.16 bits per heavy atom. The van der Waals surface area contributed by atoms with Crippen molar-refractivity contribution in [1.29, 1.82) is 0 Å². The van der Waals surface area contributed by atoms with Gasteiger partial charge < -0.3 is 10.5 Å². The van der Waals surface area contributed by atoms with E-state index in [1.165, 1.54) is 6.07 Å². The fraction of sp³-hybridized carbons (Fsp3) is 0.200. The van der Waals surface area contributed by atoms with Crippen molar-refractivity contribution in [2.45, 2.75) is 19.4 Å². The zero-order valence-electron chi connectivity index (χ0n) is 10.6. The summed E-state index contributed by atoms with van der Waals surface area (Å²) in [5, 5.41) is 0. The first-order valence-corrected chi connectivity index (χ1v) is 6.88. The van der Waals surface area contributed by atoms with Crippen molar-refractivity contribution >= 4 is 15.9 Å². The van der Waals surface area contributed by atoms with E-state index in [1.807, 2.05) is 31.2 Å². The highest BCUT2D eigenvalue weighted by molar-refractivity contribution is 9.10.